The topological polar surface area (TPSA) is 51.5 Å². The first-order chi connectivity index (χ1) is 15.0. The number of benzene rings is 3. The van der Waals surface area contributed by atoms with E-state index in [1.54, 1.807) is 24.1 Å². The number of fused-ring (bicyclic) bond motifs is 1. The number of hydrogen-bond acceptors (Lipinski definition) is 5. The lowest BCUT2D eigenvalue weighted by molar-refractivity contribution is 0.101. The van der Waals surface area contributed by atoms with Crippen molar-refractivity contribution < 1.29 is 13.9 Å². The van der Waals surface area contributed by atoms with Gasteiger partial charge >= 0.3 is 0 Å². The first-order valence-corrected chi connectivity index (χ1v) is 11.5. The summed E-state index contributed by atoms with van der Waals surface area (Å²) in [6, 6.07) is 18.8. The van der Waals surface area contributed by atoms with Crippen LogP contribution in [0.25, 0.3) is 22.1 Å². The average molecular weight is 472 g/mol. The molecule has 0 fully saturated rings. The summed E-state index contributed by atoms with van der Waals surface area (Å²) in [4.78, 5) is 13.1. The van der Waals surface area contributed by atoms with E-state index in [1.165, 1.54) is 18.7 Å². The van der Waals surface area contributed by atoms with E-state index in [1.807, 2.05) is 36.6 Å². The molecule has 4 rings (SSSR count). The number of carbonyl (C=O) groups is 1. The molecule has 1 aromatic heterocycles. The van der Waals surface area contributed by atoms with E-state index >= 15 is 0 Å². The van der Waals surface area contributed by atoms with Gasteiger partial charge in [-0.05, 0) is 59.3 Å². The summed E-state index contributed by atoms with van der Waals surface area (Å²) in [5.41, 5.74) is 4.09. The van der Waals surface area contributed by atoms with Gasteiger partial charge in [-0.2, -0.15) is 0 Å². The maximum atomic E-state index is 13.1. The van der Waals surface area contributed by atoms with Gasteiger partial charge in [-0.1, -0.05) is 59.4 Å². The fourth-order valence-electron chi connectivity index (χ4n) is 3.42. The van der Waals surface area contributed by atoms with Crippen LogP contribution in [0.2, 0.25) is 10.0 Å². The minimum atomic E-state index is -0.360. The molecule has 0 aliphatic rings. The lowest BCUT2D eigenvalue weighted by Crippen LogP contribution is -2.02. The Morgan fingerprint density at radius 3 is 2.61 bits per heavy atom. The molecule has 4 aromatic rings. The third-order valence-corrected chi connectivity index (χ3v) is 5.89. The summed E-state index contributed by atoms with van der Waals surface area (Å²) in [5.74, 6) is 0.133. The number of halogens is 2. The Bertz CT molecular complexity index is 1270. The highest BCUT2D eigenvalue weighted by atomic mass is 35.5. The van der Waals surface area contributed by atoms with Crippen molar-refractivity contribution in [3.05, 3.63) is 87.6 Å². The zero-order valence-corrected chi connectivity index (χ0v) is 19.2. The summed E-state index contributed by atoms with van der Waals surface area (Å²) in [7, 11) is 1.51. The first kappa shape index (κ1) is 21.8. The zero-order chi connectivity index (χ0) is 22.0. The van der Waals surface area contributed by atoms with Crippen molar-refractivity contribution >= 4 is 51.9 Å². The van der Waals surface area contributed by atoms with Gasteiger partial charge in [0.25, 0.3) is 0 Å². The van der Waals surface area contributed by atoms with E-state index in [0.717, 1.165) is 23.1 Å². The molecule has 1 heterocycles. The first-order valence-electron chi connectivity index (χ1n) is 9.47. The number of rotatable bonds is 7. The van der Waals surface area contributed by atoms with Crippen LogP contribution in [0.5, 0.6) is 5.75 Å². The van der Waals surface area contributed by atoms with Gasteiger partial charge in [-0.15, -0.1) is 0 Å². The summed E-state index contributed by atoms with van der Waals surface area (Å²) < 4.78 is 14.7. The molecule has 0 unspecified atom stereocenters. The second-order valence-electron chi connectivity index (χ2n) is 6.85. The van der Waals surface area contributed by atoms with E-state index in [4.69, 9.17) is 32.4 Å². The monoisotopic (exact) mass is 471 g/mol. The van der Waals surface area contributed by atoms with Crippen LogP contribution in [0.1, 0.15) is 21.7 Å². The maximum Gasteiger partial charge on any atom is 0.233 e. The van der Waals surface area contributed by atoms with E-state index in [0.29, 0.717) is 21.9 Å². The van der Waals surface area contributed by atoms with Crippen molar-refractivity contribution in [3.8, 4) is 16.9 Å². The van der Waals surface area contributed by atoms with Crippen LogP contribution in [0, 0.1) is 0 Å². The lowest BCUT2D eigenvalue weighted by atomic mass is 10.0. The molecular weight excluding hydrogens is 453 g/mol. The van der Waals surface area contributed by atoms with Gasteiger partial charge in [0, 0.05) is 17.1 Å². The fourth-order valence-corrected chi connectivity index (χ4v) is 4.22. The number of ether oxygens (including phenoxy) is 1. The Hall–Kier alpha value is -2.44. The minimum absolute atomic E-state index is 0.108. The molecule has 0 amide bonds. The summed E-state index contributed by atoms with van der Waals surface area (Å²) >= 11 is 13.8. The van der Waals surface area contributed by atoms with Crippen LogP contribution in [0.15, 0.2) is 65.1 Å². The molecule has 7 heteroatoms. The Morgan fingerprint density at radius 2 is 1.87 bits per heavy atom. The standard InChI is InChI=1S/C24H19Cl2NO3S/c1-29-23-19-8-6-16(15-5-3-4-14(10-15)13-27-31-2)11-21(19)30-24(23)22(28)18-9-7-17(25)12-20(18)26/h3-12,27H,13H2,1-2H3. The molecule has 0 aliphatic carbocycles. The molecule has 158 valence electrons. The van der Waals surface area contributed by atoms with Crippen LogP contribution in [0.3, 0.4) is 0 Å². The van der Waals surface area contributed by atoms with Crippen LogP contribution in [-0.2, 0) is 6.54 Å². The molecule has 1 N–H and O–H groups in total. The molecule has 31 heavy (non-hydrogen) atoms. The van der Waals surface area contributed by atoms with Gasteiger partial charge in [-0.3, -0.25) is 9.52 Å². The Kier molecular flexibility index (Phi) is 6.58. The van der Waals surface area contributed by atoms with Gasteiger partial charge in [-0.25, -0.2) is 0 Å². The van der Waals surface area contributed by atoms with Gasteiger partial charge < -0.3 is 9.15 Å². The molecule has 0 bridgehead atoms. The second-order valence-corrected chi connectivity index (χ2v) is 8.39. The quantitative estimate of drug-likeness (QED) is 0.232. The number of methoxy groups -OCH3 is 1. The number of furan rings is 1. The maximum absolute atomic E-state index is 13.1. The van der Waals surface area contributed by atoms with Gasteiger partial charge in [0.15, 0.2) is 5.75 Å². The predicted octanol–water partition coefficient (Wildman–Crippen LogP) is 7.01. The summed E-state index contributed by atoms with van der Waals surface area (Å²) in [6.45, 7) is 0.770. The molecule has 0 atom stereocenters. The predicted molar refractivity (Wildman–Crippen MR) is 128 cm³/mol. The van der Waals surface area contributed by atoms with Crippen molar-refractivity contribution in [2.24, 2.45) is 0 Å². The van der Waals surface area contributed by atoms with E-state index in [9.17, 15) is 4.79 Å². The van der Waals surface area contributed by atoms with Crippen molar-refractivity contribution in [1.82, 2.24) is 4.72 Å². The minimum Gasteiger partial charge on any atom is -0.492 e. The van der Waals surface area contributed by atoms with E-state index < -0.39 is 0 Å². The second kappa shape index (κ2) is 9.37. The molecule has 4 nitrogen and oxygen atoms in total. The third kappa shape index (κ3) is 4.46. The van der Waals surface area contributed by atoms with Gasteiger partial charge in [0.2, 0.25) is 11.5 Å². The zero-order valence-electron chi connectivity index (χ0n) is 16.9. The van der Waals surface area contributed by atoms with Crippen LogP contribution in [0.4, 0.5) is 0 Å². The molecular formula is C24H19Cl2NO3S. The van der Waals surface area contributed by atoms with Crippen molar-refractivity contribution in [3.63, 3.8) is 0 Å². The van der Waals surface area contributed by atoms with Crippen LogP contribution < -0.4 is 9.46 Å². The average Bonchev–Trinajstić information content (AvgIpc) is 3.15. The smallest absolute Gasteiger partial charge is 0.233 e. The molecule has 0 saturated carbocycles. The summed E-state index contributed by atoms with van der Waals surface area (Å²) in [5, 5.41) is 1.44. The highest BCUT2D eigenvalue weighted by Crippen LogP contribution is 2.37. The van der Waals surface area contributed by atoms with Gasteiger partial charge in [0.1, 0.15) is 5.58 Å². The van der Waals surface area contributed by atoms with E-state index in [2.05, 4.69) is 16.9 Å². The van der Waals surface area contributed by atoms with Crippen molar-refractivity contribution in [1.29, 1.82) is 0 Å². The third-order valence-electron chi connectivity index (χ3n) is 4.91. The number of hydrogen-bond donors (Lipinski definition) is 1. The number of ketones is 1. The van der Waals surface area contributed by atoms with Crippen LogP contribution >= 0.6 is 35.1 Å². The van der Waals surface area contributed by atoms with Crippen molar-refractivity contribution in [2.45, 2.75) is 6.54 Å². The van der Waals surface area contributed by atoms with Crippen LogP contribution in [-0.4, -0.2) is 19.1 Å². The van der Waals surface area contributed by atoms with Gasteiger partial charge in [0.05, 0.1) is 17.5 Å². The molecule has 0 radical (unpaired) electrons. The molecule has 0 saturated heterocycles. The number of nitrogens with one attached hydrogen (secondary N) is 1. The highest BCUT2D eigenvalue weighted by molar-refractivity contribution is 7.96. The van der Waals surface area contributed by atoms with E-state index in [-0.39, 0.29) is 16.6 Å². The Labute approximate surface area is 194 Å². The van der Waals surface area contributed by atoms with Crippen molar-refractivity contribution in [2.75, 3.05) is 13.4 Å². The lowest BCUT2D eigenvalue weighted by Gasteiger charge is -2.06. The Balaban J connectivity index is 1.75. The fraction of sp³-hybridized carbons (Fsp3) is 0.125. The molecule has 0 spiro atoms. The molecule has 0 aliphatic heterocycles. The SMILES string of the molecule is COc1c(C(=O)c2ccc(Cl)cc2Cl)oc2cc(-c3cccc(CNSC)c3)ccc12. The normalized spacial score (nSPS) is 11.1. The molecule has 3 aromatic carbocycles. The Morgan fingerprint density at radius 1 is 1.06 bits per heavy atom. The largest absolute Gasteiger partial charge is 0.492 e. The highest BCUT2D eigenvalue weighted by Gasteiger charge is 2.25. The summed E-state index contributed by atoms with van der Waals surface area (Å²) in [6.07, 6.45) is 2.00. The number of carbonyl (C=O) groups excluding carboxylic acids is 1.